The largest absolute Gasteiger partial charge is 0.399 e. The molecule has 1 aromatic rings. The van der Waals surface area contributed by atoms with E-state index in [-0.39, 0.29) is 19.0 Å². The molecule has 4 N–H and O–H groups in total. The van der Waals surface area contributed by atoms with Crippen LogP contribution >= 0.6 is 0 Å². The predicted molar refractivity (Wildman–Crippen MR) is 70.4 cm³/mol. The second-order valence-corrected chi connectivity index (χ2v) is 5.55. The number of likely N-dealkylation sites (tertiary alicyclic amines) is 1. The first-order valence-electron chi connectivity index (χ1n) is 6.54. The van der Waals surface area contributed by atoms with Crippen LogP contribution in [0.3, 0.4) is 0 Å². The zero-order chi connectivity index (χ0) is 13.6. The van der Waals surface area contributed by atoms with Crippen LogP contribution < -0.4 is 5.73 Å². The molecule has 1 heterocycles. The molecule has 0 spiro atoms. The third-order valence-electron chi connectivity index (χ3n) is 4.17. The van der Waals surface area contributed by atoms with Crippen molar-refractivity contribution in [2.45, 2.75) is 30.5 Å². The maximum atomic E-state index is 12.6. The lowest BCUT2D eigenvalue weighted by Gasteiger charge is -2.23. The van der Waals surface area contributed by atoms with Gasteiger partial charge in [0.2, 0.25) is 5.91 Å². The lowest BCUT2D eigenvalue weighted by atomic mass is 9.94. The van der Waals surface area contributed by atoms with E-state index >= 15 is 0 Å². The van der Waals surface area contributed by atoms with Crippen molar-refractivity contribution in [2.75, 3.05) is 18.8 Å². The Kier molecular flexibility index (Phi) is 2.76. The molecule has 5 nitrogen and oxygen atoms in total. The van der Waals surface area contributed by atoms with Gasteiger partial charge in [-0.1, -0.05) is 12.1 Å². The topological polar surface area (TPSA) is 86.8 Å². The molecule has 1 saturated heterocycles. The summed E-state index contributed by atoms with van der Waals surface area (Å²) in [5.41, 5.74) is 6.86. The molecule has 19 heavy (non-hydrogen) atoms. The maximum Gasteiger partial charge on any atom is 0.233 e. The summed E-state index contributed by atoms with van der Waals surface area (Å²) < 4.78 is 0. The number of hydrogen-bond donors (Lipinski definition) is 3. The minimum absolute atomic E-state index is 0.00729. The summed E-state index contributed by atoms with van der Waals surface area (Å²) in [4.78, 5) is 14.1. The molecule has 0 aromatic heterocycles. The molecule has 0 bridgehead atoms. The number of benzene rings is 1. The Morgan fingerprint density at radius 2 is 1.68 bits per heavy atom. The summed E-state index contributed by atoms with van der Waals surface area (Å²) in [6.45, 7) is 0.438. The van der Waals surface area contributed by atoms with Gasteiger partial charge < -0.3 is 20.8 Å². The Balaban J connectivity index is 1.81. The highest BCUT2D eigenvalue weighted by Crippen LogP contribution is 2.50. The number of carbonyl (C=O) groups is 1. The van der Waals surface area contributed by atoms with Gasteiger partial charge in [0.15, 0.2) is 0 Å². The van der Waals surface area contributed by atoms with Gasteiger partial charge in [-0.05, 0) is 30.5 Å². The van der Waals surface area contributed by atoms with Crippen molar-refractivity contribution in [1.29, 1.82) is 0 Å². The van der Waals surface area contributed by atoms with Crippen LogP contribution in [0.1, 0.15) is 18.4 Å². The molecule has 102 valence electrons. The van der Waals surface area contributed by atoms with Crippen LogP contribution in [0.25, 0.3) is 0 Å². The standard InChI is InChI=1S/C14H18N2O3/c15-10-3-1-9(2-4-10)14(5-6-14)13(19)16-7-11(17)12(18)8-16/h1-4,11-12,17-18H,5-8,15H2. The van der Waals surface area contributed by atoms with Crippen molar-refractivity contribution < 1.29 is 15.0 Å². The van der Waals surface area contributed by atoms with E-state index in [1.54, 1.807) is 17.0 Å². The molecule has 3 rings (SSSR count). The van der Waals surface area contributed by atoms with Crippen LogP contribution in [0, 0.1) is 0 Å². The summed E-state index contributed by atoms with van der Waals surface area (Å²) in [5, 5.41) is 19.1. The number of nitrogen functional groups attached to an aromatic ring is 1. The molecule has 2 aliphatic rings. The lowest BCUT2D eigenvalue weighted by molar-refractivity contribution is -0.133. The fourth-order valence-electron chi connectivity index (χ4n) is 2.79. The molecule has 5 heteroatoms. The van der Waals surface area contributed by atoms with E-state index < -0.39 is 17.6 Å². The number of aliphatic hydroxyl groups excluding tert-OH is 2. The van der Waals surface area contributed by atoms with Gasteiger partial charge >= 0.3 is 0 Å². The number of aliphatic hydroxyl groups is 2. The SMILES string of the molecule is Nc1ccc(C2(C(=O)N3CC(O)C(O)C3)CC2)cc1. The maximum absolute atomic E-state index is 12.6. The van der Waals surface area contributed by atoms with Gasteiger partial charge in [-0.3, -0.25) is 4.79 Å². The highest BCUT2D eigenvalue weighted by Gasteiger charge is 2.54. The number of β-amino-alcohol motifs (C(OH)–C–C–N with tert-alkyl or cyclic N) is 2. The van der Waals surface area contributed by atoms with Crippen molar-refractivity contribution >= 4 is 11.6 Å². The van der Waals surface area contributed by atoms with E-state index in [4.69, 9.17) is 5.73 Å². The zero-order valence-corrected chi connectivity index (χ0v) is 10.6. The van der Waals surface area contributed by atoms with Crippen molar-refractivity contribution in [2.24, 2.45) is 0 Å². The summed E-state index contributed by atoms with van der Waals surface area (Å²) in [6, 6.07) is 7.39. The number of hydrogen-bond acceptors (Lipinski definition) is 4. The normalized spacial score (nSPS) is 28.4. The van der Waals surface area contributed by atoms with Crippen LogP contribution in [0.2, 0.25) is 0 Å². The fourth-order valence-corrected chi connectivity index (χ4v) is 2.79. The molecule has 1 aliphatic heterocycles. The summed E-state index contributed by atoms with van der Waals surface area (Å²) in [6.07, 6.45) is -0.0194. The first-order valence-corrected chi connectivity index (χ1v) is 6.54. The summed E-state index contributed by atoms with van der Waals surface area (Å²) in [5.74, 6) is 0.00729. The van der Waals surface area contributed by atoms with Crippen molar-refractivity contribution in [3.05, 3.63) is 29.8 Å². The molecule has 1 saturated carbocycles. The van der Waals surface area contributed by atoms with E-state index in [1.807, 2.05) is 12.1 Å². The van der Waals surface area contributed by atoms with Crippen LogP contribution in [0.5, 0.6) is 0 Å². The van der Waals surface area contributed by atoms with Gasteiger partial charge in [0, 0.05) is 18.8 Å². The predicted octanol–water partition coefficient (Wildman–Crippen LogP) is -0.136. The third-order valence-corrected chi connectivity index (χ3v) is 4.17. The Labute approximate surface area is 111 Å². The van der Waals surface area contributed by atoms with Gasteiger partial charge in [0.1, 0.15) is 0 Å². The van der Waals surface area contributed by atoms with Gasteiger partial charge in [0.05, 0.1) is 17.6 Å². The smallest absolute Gasteiger partial charge is 0.233 e. The zero-order valence-electron chi connectivity index (χ0n) is 10.6. The number of nitrogens with zero attached hydrogens (tertiary/aromatic N) is 1. The Morgan fingerprint density at radius 3 is 2.16 bits per heavy atom. The lowest BCUT2D eigenvalue weighted by Crippen LogP contribution is -2.38. The minimum atomic E-state index is -0.828. The summed E-state index contributed by atoms with van der Waals surface area (Å²) >= 11 is 0. The van der Waals surface area contributed by atoms with Crippen molar-refractivity contribution in [1.82, 2.24) is 4.90 Å². The van der Waals surface area contributed by atoms with E-state index in [9.17, 15) is 15.0 Å². The number of nitrogens with two attached hydrogens (primary N) is 1. The Bertz CT molecular complexity index is 486. The number of anilines is 1. The molecular weight excluding hydrogens is 244 g/mol. The number of rotatable bonds is 2. The molecule has 2 atom stereocenters. The number of carbonyl (C=O) groups excluding carboxylic acids is 1. The first-order chi connectivity index (χ1) is 9.03. The fraction of sp³-hybridized carbons (Fsp3) is 0.500. The second kappa shape index (κ2) is 4.21. The van der Waals surface area contributed by atoms with E-state index in [1.165, 1.54) is 0 Å². The molecule has 2 fully saturated rings. The third kappa shape index (κ3) is 1.99. The number of amides is 1. The molecular formula is C14H18N2O3. The van der Waals surface area contributed by atoms with Crippen LogP contribution in [0.15, 0.2) is 24.3 Å². The molecule has 0 radical (unpaired) electrons. The average molecular weight is 262 g/mol. The quantitative estimate of drug-likeness (QED) is 0.648. The van der Waals surface area contributed by atoms with Gasteiger partial charge in [-0.15, -0.1) is 0 Å². The molecule has 1 aliphatic carbocycles. The minimum Gasteiger partial charge on any atom is -0.399 e. The highest BCUT2D eigenvalue weighted by atomic mass is 16.3. The summed E-state index contributed by atoms with van der Waals surface area (Å²) in [7, 11) is 0. The molecule has 1 aromatic carbocycles. The van der Waals surface area contributed by atoms with E-state index in [2.05, 4.69) is 0 Å². The van der Waals surface area contributed by atoms with Gasteiger partial charge in [-0.2, -0.15) is 0 Å². The first kappa shape index (κ1) is 12.4. The highest BCUT2D eigenvalue weighted by molar-refractivity contribution is 5.91. The van der Waals surface area contributed by atoms with E-state index in [0.717, 1.165) is 18.4 Å². The average Bonchev–Trinajstić information content (AvgIpc) is 3.13. The van der Waals surface area contributed by atoms with Crippen LogP contribution in [-0.4, -0.2) is 46.3 Å². The van der Waals surface area contributed by atoms with Crippen molar-refractivity contribution in [3.63, 3.8) is 0 Å². The van der Waals surface area contributed by atoms with Crippen molar-refractivity contribution in [3.8, 4) is 0 Å². The van der Waals surface area contributed by atoms with Crippen LogP contribution in [0.4, 0.5) is 5.69 Å². The Morgan fingerprint density at radius 1 is 1.16 bits per heavy atom. The Hall–Kier alpha value is -1.59. The van der Waals surface area contributed by atoms with E-state index in [0.29, 0.717) is 5.69 Å². The van der Waals surface area contributed by atoms with Crippen LogP contribution in [-0.2, 0) is 10.2 Å². The molecule has 2 unspecified atom stereocenters. The second-order valence-electron chi connectivity index (χ2n) is 5.55. The molecule has 1 amide bonds. The van der Waals surface area contributed by atoms with Gasteiger partial charge in [0.25, 0.3) is 0 Å². The van der Waals surface area contributed by atoms with Gasteiger partial charge in [-0.25, -0.2) is 0 Å². The monoisotopic (exact) mass is 262 g/mol.